The predicted molar refractivity (Wildman–Crippen MR) is 95.9 cm³/mol. The Morgan fingerprint density at radius 3 is 2.76 bits per heavy atom. The van der Waals surface area contributed by atoms with E-state index < -0.39 is 0 Å². The zero-order chi connectivity index (χ0) is 17.1. The highest BCUT2D eigenvalue weighted by Crippen LogP contribution is 2.29. The van der Waals surface area contributed by atoms with Crippen molar-refractivity contribution in [3.63, 3.8) is 0 Å². The Morgan fingerprint density at radius 2 is 2.04 bits per heavy atom. The van der Waals surface area contributed by atoms with Crippen LogP contribution in [0.1, 0.15) is 30.7 Å². The summed E-state index contributed by atoms with van der Waals surface area (Å²) in [6.07, 6.45) is 3.08. The number of carbonyl (C=O) groups excluding carboxylic acids is 1. The molecule has 128 valence electrons. The maximum Gasteiger partial charge on any atom is 0.227 e. The van der Waals surface area contributed by atoms with Gasteiger partial charge in [0, 0.05) is 25.4 Å². The van der Waals surface area contributed by atoms with Crippen LogP contribution in [-0.2, 0) is 17.8 Å². The van der Waals surface area contributed by atoms with Crippen LogP contribution >= 0.6 is 11.3 Å². The molecule has 1 fully saturated rings. The Morgan fingerprint density at radius 1 is 1.20 bits per heavy atom. The number of hydrogen-bond donors (Lipinski definition) is 0. The van der Waals surface area contributed by atoms with Crippen LogP contribution in [0.4, 0.5) is 0 Å². The molecule has 0 radical (unpaired) electrons. The highest BCUT2D eigenvalue weighted by molar-refractivity contribution is 7.13. The molecular formula is C19H19N3O2S. The Hall–Kier alpha value is -2.47. The lowest BCUT2D eigenvalue weighted by Crippen LogP contribution is -2.32. The van der Waals surface area contributed by atoms with Gasteiger partial charge < -0.3 is 9.42 Å². The van der Waals surface area contributed by atoms with Crippen LogP contribution < -0.4 is 0 Å². The number of carbonyl (C=O) groups is 1. The predicted octanol–water partition coefficient (Wildman–Crippen LogP) is 3.92. The van der Waals surface area contributed by atoms with E-state index in [0.29, 0.717) is 37.1 Å². The summed E-state index contributed by atoms with van der Waals surface area (Å²) in [7, 11) is 0. The van der Waals surface area contributed by atoms with E-state index in [-0.39, 0.29) is 5.91 Å². The summed E-state index contributed by atoms with van der Waals surface area (Å²) in [5.41, 5.74) is 1.17. The van der Waals surface area contributed by atoms with Gasteiger partial charge in [-0.2, -0.15) is 4.98 Å². The van der Waals surface area contributed by atoms with Gasteiger partial charge in [-0.1, -0.05) is 41.6 Å². The zero-order valence-electron chi connectivity index (χ0n) is 13.8. The summed E-state index contributed by atoms with van der Waals surface area (Å²) in [6, 6.07) is 14.4. The fourth-order valence-electron chi connectivity index (χ4n) is 2.81. The number of nitrogens with zero attached hydrogens (tertiary/aromatic N) is 3. The van der Waals surface area contributed by atoms with Crippen molar-refractivity contribution in [2.24, 2.45) is 0 Å². The number of amides is 1. The molecule has 0 unspecified atom stereocenters. The lowest BCUT2D eigenvalue weighted by Gasteiger charge is -2.22. The average Bonchev–Trinajstić information content (AvgIpc) is 3.12. The molecule has 4 rings (SSSR count). The molecule has 3 aromatic rings. The third-order valence-electron chi connectivity index (χ3n) is 4.27. The quantitative estimate of drug-likeness (QED) is 0.646. The van der Waals surface area contributed by atoms with Gasteiger partial charge in [-0.15, -0.1) is 11.3 Å². The molecule has 1 amide bonds. The summed E-state index contributed by atoms with van der Waals surface area (Å²) in [5, 5.41) is 5.97. The maximum atomic E-state index is 12.7. The summed E-state index contributed by atoms with van der Waals surface area (Å²) in [6.45, 7) is 0.675. The molecule has 0 N–H and O–H groups in total. The summed E-state index contributed by atoms with van der Waals surface area (Å²) >= 11 is 1.57. The topological polar surface area (TPSA) is 59.2 Å². The molecule has 2 aromatic heterocycles. The molecule has 0 bridgehead atoms. The van der Waals surface area contributed by atoms with Crippen molar-refractivity contribution in [1.82, 2.24) is 15.0 Å². The van der Waals surface area contributed by atoms with Crippen molar-refractivity contribution in [2.45, 2.75) is 38.3 Å². The number of aryl methyl sites for hydroxylation is 1. The van der Waals surface area contributed by atoms with Gasteiger partial charge in [0.15, 0.2) is 0 Å². The third kappa shape index (κ3) is 3.96. The van der Waals surface area contributed by atoms with Gasteiger partial charge >= 0.3 is 0 Å². The fraction of sp³-hybridized carbons (Fsp3) is 0.316. The molecular weight excluding hydrogens is 334 g/mol. The minimum atomic E-state index is 0.155. The fourth-order valence-corrected chi connectivity index (χ4v) is 3.46. The monoisotopic (exact) mass is 353 g/mol. The second kappa shape index (κ2) is 7.19. The van der Waals surface area contributed by atoms with Gasteiger partial charge in [0.25, 0.3) is 0 Å². The van der Waals surface area contributed by atoms with E-state index in [9.17, 15) is 4.79 Å². The van der Waals surface area contributed by atoms with Gasteiger partial charge in [-0.25, -0.2) is 0 Å². The first-order valence-electron chi connectivity index (χ1n) is 8.49. The van der Waals surface area contributed by atoms with E-state index in [1.807, 2.05) is 40.6 Å². The molecule has 6 heteroatoms. The first kappa shape index (κ1) is 16.0. The Kier molecular flexibility index (Phi) is 4.61. The largest absolute Gasteiger partial charge is 0.339 e. The van der Waals surface area contributed by atoms with Crippen molar-refractivity contribution in [3.8, 4) is 10.7 Å². The maximum absolute atomic E-state index is 12.7. The SMILES string of the molecule is O=C(CCc1nc(-c2cccs2)no1)N(Cc1ccccc1)C1CC1. The van der Waals surface area contributed by atoms with E-state index in [1.165, 1.54) is 5.56 Å². The van der Waals surface area contributed by atoms with E-state index >= 15 is 0 Å². The normalized spacial score (nSPS) is 13.8. The Bertz CT molecular complexity index is 825. The summed E-state index contributed by atoms with van der Waals surface area (Å²) in [5.74, 6) is 1.27. The number of rotatable bonds is 7. The smallest absolute Gasteiger partial charge is 0.227 e. The third-order valence-corrected chi connectivity index (χ3v) is 5.13. The van der Waals surface area contributed by atoms with Crippen LogP contribution in [0, 0.1) is 0 Å². The minimum absolute atomic E-state index is 0.155. The minimum Gasteiger partial charge on any atom is -0.339 e. The molecule has 25 heavy (non-hydrogen) atoms. The second-order valence-electron chi connectivity index (χ2n) is 6.23. The van der Waals surface area contributed by atoms with E-state index in [1.54, 1.807) is 11.3 Å². The summed E-state index contributed by atoms with van der Waals surface area (Å²) in [4.78, 5) is 20.0. The Labute approximate surface area is 150 Å². The second-order valence-corrected chi connectivity index (χ2v) is 7.18. The molecule has 0 aliphatic heterocycles. The summed E-state index contributed by atoms with van der Waals surface area (Å²) < 4.78 is 5.29. The number of benzene rings is 1. The first-order chi connectivity index (χ1) is 12.3. The molecule has 1 aliphatic carbocycles. The molecule has 1 aliphatic rings. The lowest BCUT2D eigenvalue weighted by molar-refractivity contribution is -0.132. The molecule has 0 atom stereocenters. The lowest BCUT2D eigenvalue weighted by atomic mass is 10.2. The van der Waals surface area contributed by atoms with Gasteiger partial charge in [-0.05, 0) is 29.9 Å². The highest BCUT2D eigenvalue weighted by atomic mass is 32.1. The van der Waals surface area contributed by atoms with Crippen LogP contribution in [0.25, 0.3) is 10.7 Å². The van der Waals surface area contributed by atoms with E-state index in [0.717, 1.165) is 17.7 Å². The van der Waals surface area contributed by atoms with E-state index in [2.05, 4.69) is 22.3 Å². The highest BCUT2D eigenvalue weighted by Gasteiger charge is 2.32. The average molecular weight is 353 g/mol. The van der Waals surface area contributed by atoms with Crippen LogP contribution in [-0.4, -0.2) is 27.0 Å². The van der Waals surface area contributed by atoms with Crippen LogP contribution in [0.5, 0.6) is 0 Å². The van der Waals surface area contributed by atoms with Crippen molar-refractivity contribution in [1.29, 1.82) is 0 Å². The molecule has 1 aromatic carbocycles. The standard InChI is InChI=1S/C19H19N3O2S/c23-18(22(15-8-9-15)13-14-5-2-1-3-6-14)11-10-17-20-19(21-24-17)16-7-4-12-25-16/h1-7,12,15H,8-11,13H2. The van der Waals surface area contributed by atoms with E-state index in [4.69, 9.17) is 4.52 Å². The number of hydrogen-bond acceptors (Lipinski definition) is 5. The van der Waals surface area contributed by atoms with Crippen LogP contribution in [0.2, 0.25) is 0 Å². The number of aromatic nitrogens is 2. The Balaban J connectivity index is 1.37. The van der Waals surface area contributed by atoms with Crippen LogP contribution in [0.15, 0.2) is 52.4 Å². The molecule has 2 heterocycles. The number of thiophene rings is 1. The molecule has 0 saturated heterocycles. The van der Waals surface area contributed by atoms with Gasteiger partial charge in [-0.3, -0.25) is 4.79 Å². The van der Waals surface area contributed by atoms with Crippen molar-refractivity contribution in [2.75, 3.05) is 0 Å². The van der Waals surface area contributed by atoms with Crippen LogP contribution in [0.3, 0.4) is 0 Å². The first-order valence-corrected chi connectivity index (χ1v) is 9.37. The molecule has 5 nitrogen and oxygen atoms in total. The van der Waals surface area contributed by atoms with Gasteiger partial charge in [0.05, 0.1) is 4.88 Å². The van der Waals surface area contributed by atoms with Gasteiger partial charge in [0.2, 0.25) is 17.6 Å². The molecule has 1 saturated carbocycles. The molecule has 0 spiro atoms. The van der Waals surface area contributed by atoms with Crippen molar-refractivity contribution >= 4 is 17.2 Å². The van der Waals surface area contributed by atoms with Crippen molar-refractivity contribution < 1.29 is 9.32 Å². The van der Waals surface area contributed by atoms with Gasteiger partial charge in [0.1, 0.15) is 0 Å². The zero-order valence-corrected chi connectivity index (χ0v) is 14.6. The van der Waals surface area contributed by atoms with Crippen molar-refractivity contribution in [3.05, 3.63) is 59.3 Å².